The van der Waals surface area contributed by atoms with E-state index in [2.05, 4.69) is 10.3 Å². The first-order valence-corrected chi connectivity index (χ1v) is 10.2. The summed E-state index contributed by atoms with van der Waals surface area (Å²) in [4.78, 5) is 17.0. The van der Waals surface area contributed by atoms with Crippen LogP contribution in [0.3, 0.4) is 0 Å². The Morgan fingerprint density at radius 3 is 2.75 bits per heavy atom. The molecule has 0 saturated carbocycles. The molecule has 0 spiro atoms. The fraction of sp³-hybridized carbons (Fsp3) is 0.263. The number of oxazole rings is 1. The van der Waals surface area contributed by atoms with Gasteiger partial charge in [-0.3, -0.25) is 4.79 Å². The average molecular weight is 403 g/mol. The number of sulfonamides is 1. The fourth-order valence-electron chi connectivity index (χ4n) is 3.38. The lowest BCUT2D eigenvalue weighted by atomic mass is 10.2. The highest BCUT2D eigenvalue weighted by atomic mass is 32.2. The largest absolute Gasteiger partial charge is 0.441 e. The summed E-state index contributed by atoms with van der Waals surface area (Å²) in [6.45, 7) is 1.97. The van der Waals surface area contributed by atoms with Gasteiger partial charge < -0.3 is 9.73 Å². The number of nitrogens with zero attached hydrogens (tertiary/aromatic N) is 2. The molecule has 3 aromatic rings. The van der Waals surface area contributed by atoms with Crippen molar-refractivity contribution < 1.29 is 22.0 Å². The van der Waals surface area contributed by atoms with Crippen molar-refractivity contribution in [3.63, 3.8) is 0 Å². The highest BCUT2D eigenvalue weighted by Gasteiger charge is 2.39. The molecule has 7 nitrogen and oxygen atoms in total. The summed E-state index contributed by atoms with van der Waals surface area (Å²) in [5.74, 6) is -0.415. The Morgan fingerprint density at radius 1 is 1.25 bits per heavy atom. The molecule has 9 heteroatoms. The third-order valence-corrected chi connectivity index (χ3v) is 6.61. The number of benzene rings is 2. The van der Waals surface area contributed by atoms with Crippen LogP contribution in [0.25, 0.3) is 11.1 Å². The molecule has 1 atom stereocenters. The summed E-state index contributed by atoms with van der Waals surface area (Å²) < 4.78 is 45.5. The predicted octanol–water partition coefficient (Wildman–Crippen LogP) is 3.07. The first-order chi connectivity index (χ1) is 13.3. The Kier molecular flexibility index (Phi) is 4.64. The smallest absolute Gasteiger partial charge is 0.243 e. The second-order valence-electron chi connectivity index (χ2n) is 6.63. The van der Waals surface area contributed by atoms with Gasteiger partial charge in [0.2, 0.25) is 15.9 Å². The highest BCUT2D eigenvalue weighted by Crippen LogP contribution is 2.28. The minimum absolute atomic E-state index is 0.0342. The van der Waals surface area contributed by atoms with E-state index in [1.807, 2.05) is 0 Å². The van der Waals surface area contributed by atoms with Crippen molar-refractivity contribution in [3.8, 4) is 0 Å². The van der Waals surface area contributed by atoms with Gasteiger partial charge in [0.05, 0.1) is 4.90 Å². The van der Waals surface area contributed by atoms with E-state index in [1.165, 1.54) is 16.4 Å². The number of anilines is 1. The number of halogens is 1. The van der Waals surface area contributed by atoms with Crippen molar-refractivity contribution in [3.05, 3.63) is 54.2 Å². The Bertz CT molecular complexity index is 1140. The summed E-state index contributed by atoms with van der Waals surface area (Å²) in [5.41, 5.74) is 1.73. The van der Waals surface area contributed by atoms with Gasteiger partial charge in [-0.2, -0.15) is 4.31 Å². The number of aromatic nitrogens is 1. The standard InChI is InChI=1S/C19H18FN3O4S/c1-12-21-16-11-14(6-9-18(16)27-12)22-19(24)17-3-2-10-23(17)28(25,26)15-7-4-13(20)5-8-15/h4-9,11,17H,2-3,10H2,1H3,(H,22,24)/t17-/m1/s1. The molecule has 1 amide bonds. The van der Waals surface area contributed by atoms with Crippen LogP contribution in [0.15, 0.2) is 51.8 Å². The van der Waals surface area contributed by atoms with Crippen LogP contribution < -0.4 is 5.32 Å². The molecule has 0 bridgehead atoms. The molecule has 146 valence electrons. The summed E-state index contributed by atoms with van der Waals surface area (Å²) in [7, 11) is -3.89. The predicted molar refractivity (Wildman–Crippen MR) is 101 cm³/mol. The van der Waals surface area contributed by atoms with E-state index >= 15 is 0 Å². The second-order valence-corrected chi connectivity index (χ2v) is 8.52. The summed E-state index contributed by atoms with van der Waals surface area (Å²) in [6, 6.07) is 8.82. The first kappa shape index (κ1) is 18.6. The first-order valence-electron chi connectivity index (χ1n) is 8.80. The molecule has 0 aliphatic carbocycles. The van der Waals surface area contributed by atoms with E-state index in [-0.39, 0.29) is 11.4 Å². The van der Waals surface area contributed by atoms with Crippen LogP contribution in [0.1, 0.15) is 18.7 Å². The zero-order chi connectivity index (χ0) is 19.9. The number of nitrogens with one attached hydrogen (secondary N) is 1. The van der Waals surface area contributed by atoms with Crippen molar-refractivity contribution in [2.45, 2.75) is 30.7 Å². The van der Waals surface area contributed by atoms with Crippen LogP contribution in [0.4, 0.5) is 10.1 Å². The average Bonchev–Trinajstić information content (AvgIpc) is 3.28. The van der Waals surface area contributed by atoms with Gasteiger partial charge in [-0.05, 0) is 55.3 Å². The molecular formula is C19H18FN3O4S. The van der Waals surface area contributed by atoms with Crippen LogP contribution in [0, 0.1) is 12.7 Å². The fourth-order valence-corrected chi connectivity index (χ4v) is 5.03. The second kappa shape index (κ2) is 6.99. The van der Waals surface area contributed by atoms with Crippen LogP contribution in [-0.4, -0.2) is 36.2 Å². The molecule has 2 heterocycles. The van der Waals surface area contributed by atoms with Crippen LogP contribution in [0.5, 0.6) is 0 Å². The molecule has 1 aliphatic rings. The summed E-state index contributed by atoms with van der Waals surface area (Å²) >= 11 is 0. The zero-order valence-corrected chi connectivity index (χ0v) is 15.9. The Balaban J connectivity index is 1.56. The van der Waals surface area contributed by atoms with E-state index < -0.39 is 27.8 Å². The molecule has 1 N–H and O–H groups in total. The lowest BCUT2D eigenvalue weighted by Crippen LogP contribution is -2.43. The molecule has 1 aromatic heterocycles. The normalized spacial score (nSPS) is 17.9. The Labute approximate surface area is 161 Å². The maximum Gasteiger partial charge on any atom is 0.243 e. The van der Waals surface area contributed by atoms with Crippen molar-refractivity contribution in [1.29, 1.82) is 0 Å². The SMILES string of the molecule is Cc1nc2cc(NC(=O)[C@H]3CCCN3S(=O)(=O)c3ccc(F)cc3)ccc2o1. The number of carbonyl (C=O) groups is 1. The third-order valence-electron chi connectivity index (χ3n) is 4.69. The van der Waals surface area contributed by atoms with Crippen LogP contribution in [-0.2, 0) is 14.8 Å². The van der Waals surface area contributed by atoms with E-state index in [0.717, 1.165) is 12.1 Å². The molecular weight excluding hydrogens is 385 g/mol. The van der Waals surface area contributed by atoms with Crippen molar-refractivity contribution in [2.24, 2.45) is 0 Å². The molecule has 1 fully saturated rings. The number of aryl methyl sites for hydroxylation is 1. The van der Waals surface area contributed by atoms with Gasteiger partial charge in [0, 0.05) is 19.2 Å². The van der Waals surface area contributed by atoms with Gasteiger partial charge in [0.1, 0.15) is 17.4 Å². The maximum absolute atomic E-state index is 13.1. The number of fused-ring (bicyclic) bond motifs is 1. The maximum atomic E-state index is 13.1. The minimum atomic E-state index is -3.89. The van der Waals surface area contributed by atoms with Gasteiger partial charge in [-0.1, -0.05) is 0 Å². The highest BCUT2D eigenvalue weighted by molar-refractivity contribution is 7.89. The van der Waals surface area contributed by atoms with E-state index in [4.69, 9.17) is 4.42 Å². The lowest BCUT2D eigenvalue weighted by molar-refractivity contribution is -0.119. The minimum Gasteiger partial charge on any atom is -0.441 e. The molecule has 1 saturated heterocycles. The number of hydrogen-bond acceptors (Lipinski definition) is 5. The van der Waals surface area contributed by atoms with Gasteiger partial charge >= 0.3 is 0 Å². The number of amides is 1. The molecule has 0 unspecified atom stereocenters. The Morgan fingerprint density at radius 2 is 2.00 bits per heavy atom. The van der Waals surface area contributed by atoms with E-state index in [0.29, 0.717) is 35.5 Å². The van der Waals surface area contributed by atoms with Gasteiger partial charge in [0.25, 0.3) is 0 Å². The molecule has 1 aliphatic heterocycles. The van der Waals surface area contributed by atoms with Crippen molar-refractivity contribution in [1.82, 2.24) is 9.29 Å². The zero-order valence-electron chi connectivity index (χ0n) is 15.1. The summed E-state index contributed by atoms with van der Waals surface area (Å²) in [6.07, 6.45) is 0.984. The Hall–Kier alpha value is -2.78. The van der Waals surface area contributed by atoms with Gasteiger partial charge in [-0.25, -0.2) is 17.8 Å². The number of hydrogen-bond donors (Lipinski definition) is 1. The van der Waals surface area contributed by atoms with Crippen molar-refractivity contribution >= 4 is 32.7 Å². The molecule has 2 aromatic carbocycles. The quantitative estimate of drug-likeness (QED) is 0.723. The third kappa shape index (κ3) is 3.38. The van der Waals surface area contributed by atoms with Gasteiger partial charge in [-0.15, -0.1) is 0 Å². The summed E-state index contributed by atoms with van der Waals surface area (Å²) in [5, 5.41) is 2.76. The van der Waals surface area contributed by atoms with E-state index in [9.17, 15) is 17.6 Å². The van der Waals surface area contributed by atoms with Crippen LogP contribution in [0.2, 0.25) is 0 Å². The van der Waals surface area contributed by atoms with Gasteiger partial charge in [0.15, 0.2) is 11.5 Å². The topological polar surface area (TPSA) is 92.5 Å². The molecule has 0 radical (unpaired) electrons. The molecule has 28 heavy (non-hydrogen) atoms. The van der Waals surface area contributed by atoms with E-state index in [1.54, 1.807) is 25.1 Å². The van der Waals surface area contributed by atoms with Crippen molar-refractivity contribution in [2.75, 3.05) is 11.9 Å². The number of carbonyl (C=O) groups excluding carboxylic acids is 1. The number of rotatable bonds is 4. The molecule has 4 rings (SSSR count). The van der Waals surface area contributed by atoms with Crippen LogP contribution >= 0.6 is 0 Å². The monoisotopic (exact) mass is 403 g/mol. The lowest BCUT2D eigenvalue weighted by Gasteiger charge is -2.23.